The van der Waals surface area contributed by atoms with Crippen LogP contribution in [0.15, 0.2) is 30.3 Å². The molecule has 2 rings (SSSR count). The molecule has 0 amide bonds. The van der Waals surface area contributed by atoms with E-state index in [4.69, 9.17) is 4.74 Å². The van der Waals surface area contributed by atoms with E-state index < -0.39 is 12.0 Å². The molecular weight excluding hydrogens is 256 g/mol. The molecule has 1 atom stereocenters. The SMILES string of the molecule is O=C(O)C(NCCCN1CCOCC1)c1ccccc1. The quantitative estimate of drug-likeness (QED) is 0.732. The van der Waals surface area contributed by atoms with E-state index in [0.717, 1.165) is 44.8 Å². The lowest BCUT2D eigenvalue weighted by Gasteiger charge is -2.26. The van der Waals surface area contributed by atoms with Crippen molar-refractivity contribution in [2.45, 2.75) is 12.5 Å². The van der Waals surface area contributed by atoms with Gasteiger partial charge in [-0.2, -0.15) is 0 Å². The summed E-state index contributed by atoms with van der Waals surface area (Å²) in [6.07, 6.45) is 0.941. The highest BCUT2D eigenvalue weighted by molar-refractivity contribution is 5.75. The molecule has 1 saturated heterocycles. The van der Waals surface area contributed by atoms with Gasteiger partial charge in [-0.25, -0.2) is 0 Å². The van der Waals surface area contributed by atoms with Crippen LogP contribution < -0.4 is 5.32 Å². The van der Waals surface area contributed by atoms with Crippen LogP contribution in [-0.4, -0.2) is 55.4 Å². The molecule has 2 N–H and O–H groups in total. The van der Waals surface area contributed by atoms with E-state index >= 15 is 0 Å². The molecule has 1 aromatic rings. The Morgan fingerprint density at radius 1 is 1.30 bits per heavy atom. The number of carbonyl (C=O) groups is 1. The van der Waals surface area contributed by atoms with Crippen molar-refractivity contribution in [1.82, 2.24) is 10.2 Å². The average Bonchev–Trinajstić information content (AvgIpc) is 2.49. The summed E-state index contributed by atoms with van der Waals surface area (Å²) in [6.45, 7) is 5.23. The summed E-state index contributed by atoms with van der Waals surface area (Å²) >= 11 is 0. The van der Waals surface area contributed by atoms with Crippen molar-refractivity contribution in [3.63, 3.8) is 0 Å². The van der Waals surface area contributed by atoms with E-state index in [0.29, 0.717) is 6.54 Å². The van der Waals surface area contributed by atoms with Gasteiger partial charge >= 0.3 is 5.97 Å². The minimum absolute atomic E-state index is 0.624. The maximum Gasteiger partial charge on any atom is 0.325 e. The highest BCUT2D eigenvalue weighted by atomic mass is 16.5. The third kappa shape index (κ3) is 4.59. The number of nitrogens with one attached hydrogen (secondary N) is 1. The van der Waals surface area contributed by atoms with Gasteiger partial charge in [0.15, 0.2) is 0 Å². The Morgan fingerprint density at radius 3 is 2.65 bits per heavy atom. The fraction of sp³-hybridized carbons (Fsp3) is 0.533. The van der Waals surface area contributed by atoms with Crippen molar-refractivity contribution < 1.29 is 14.6 Å². The maximum absolute atomic E-state index is 11.3. The van der Waals surface area contributed by atoms with Gasteiger partial charge in [-0.15, -0.1) is 0 Å². The number of nitrogens with zero attached hydrogens (tertiary/aromatic N) is 1. The van der Waals surface area contributed by atoms with Gasteiger partial charge in [0.05, 0.1) is 13.2 Å². The lowest BCUT2D eigenvalue weighted by molar-refractivity contribution is -0.139. The maximum atomic E-state index is 11.3. The number of benzene rings is 1. The van der Waals surface area contributed by atoms with Gasteiger partial charge in [-0.05, 0) is 25.1 Å². The smallest absolute Gasteiger partial charge is 0.325 e. The average molecular weight is 278 g/mol. The second kappa shape index (κ2) is 7.99. The molecule has 5 nitrogen and oxygen atoms in total. The van der Waals surface area contributed by atoms with Gasteiger partial charge in [0.25, 0.3) is 0 Å². The van der Waals surface area contributed by atoms with Gasteiger partial charge in [0, 0.05) is 13.1 Å². The summed E-state index contributed by atoms with van der Waals surface area (Å²) in [5, 5.41) is 12.4. The highest BCUT2D eigenvalue weighted by Gasteiger charge is 2.18. The summed E-state index contributed by atoms with van der Waals surface area (Å²) < 4.78 is 5.30. The first kappa shape index (κ1) is 15.0. The fourth-order valence-corrected chi connectivity index (χ4v) is 2.37. The molecule has 1 aliphatic rings. The third-order valence-electron chi connectivity index (χ3n) is 3.48. The number of hydrogen-bond donors (Lipinski definition) is 2. The molecule has 110 valence electrons. The van der Waals surface area contributed by atoms with E-state index in [1.165, 1.54) is 0 Å². The Morgan fingerprint density at radius 2 is 2.00 bits per heavy atom. The Balaban J connectivity index is 1.74. The standard InChI is InChI=1S/C15H22N2O3/c18-15(19)14(13-5-2-1-3-6-13)16-7-4-8-17-9-11-20-12-10-17/h1-3,5-6,14,16H,4,7-12H2,(H,18,19). The van der Waals surface area contributed by atoms with Crippen molar-refractivity contribution in [3.05, 3.63) is 35.9 Å². The number of rotatable bonds is 7. The van der Waals surface area contributed by atoms with E-state index in [9.17, 15) is 9.90 Å². The van der Waals surface area contributed by atoms with Gasteiger partial charge in [-0.1, -0.05) is 30.3 Å². The lowest BCUT2D eigenvalue weighted by atomic mass is 10.1. The Bertz CT molecular complexity index is 405. The highest BCUT2D eigenvalue weighted by Crippen LogP contribution is 2.12. The van der Waals surface area contributed by atoms with Crippen molar-refractivity contribution in [1.29, 1.82) is 0 Å². The minimum Gasteiger partial charge on any atom is -0.480 e. The first-order valence-corrected chi connectivity index (χ1v) is 7.08. The topological polar surface area (TPSA) is 61.8 Å². The van der Waals surface area contributed by atoms with Gasteiger partial charge in [-0.3, -0.25) is 9.69 Å². The summed E-state index contributed by atoms with van der Waals surface area (Å²) in [5.41, 5.74) is 0.798. The third-order valence-corrected chi connectivity index (χ3v) is 3.48. The van der Waals surface area contributed by atoms with E-state index in [1.807, 2.05) is 30.3 Å². The van der Waals surface area contributed by atoms with Crippen molar-refractivity contribution in [2.75, 3.05) is 39.4 Å². The second-order valence-electron chi connectivity index (χ2n) is 4.94. The zero-order chi connectivity index (χ0) is 14.2. The number of hydrogen-bond acceptors (Lipinski definition) is 4. The summed E-state index contributed by atoms with van der Waals surface area (Å²) in [6, 6.07) is 8.67. The summed E-state index contributed by atoms with van der Waals surface area (Å²) in [7, 11) is 0. The van der Waals surface area contributed by atoms with Crippen molar-refractivity contribution >= 4 is 5.97 Å². The van der Waals surface area contributed by atoms with Crippen LogP contribution in [0.3, 0.4) is 0 Å². The molecular formula is C15H22N2O3. The van der Waals surface area contributed by atoms with Crippen LogP contribution in [0.25, 0.3) is 0 Å². The predicted molar refractivity (Wildman–Crippen MR) is 76.7 cm³/mol. The van der Waals surface area contributed by atoms with Crippen LogP contribution in [0.4, 0.5) is 0 Å². The van der Waals surface area contributed by atoms with E-state index in [1.54, 1.807) is 0 Å². The molecule has 0 spiro atoms. The van der Waals surface area contributed by atoms with Crippen LogP contribution in [0.2, 0.25) is 0 Å². The molecule has 0 aliphatic carbocycles. The molecule has 0 aromatic heterocycles. The molecule has 0 saturated carbocycles. The number of ether oxygens (including phenoxy) is 1. The Labute approximate surface area is 119 Å². The molecule has 5 heteroatoms. The molecule has 20 heavy (non-hydrogen) atoms. The first-order chi connectivity index (χ1) is 9.77. The van der Waals surface area contributed by atoms with Crippen molar-refractivity contribution in [2.24, 2.45) is 0 Å². The Hall–Kier alpha value is -1.43. The fourth-order valence-electron chi connectivity index (χ4n) is 2.37. The van der Waals surface area contributed by atoms with Gasteiger partial charge in [0.1, 0.15) is 6.04 Å². The van der Waals surface area contributed by atoms with Crippen LogP contribution in [0.5, 0.6) is 0 Å². The van der Waals surface area contributed by atoms with Gasteiger partial charge < -0.3 is 15.2 Å². The normalized spacial score (nSPS) is 17.8. The number of aliphatic carboxylic acids is 1. The van der Waals surface area contributed by atoms with Gasteiger partial charge in [0.2, 0.25) is 0 Å². The zero-order valence-corrected chi connectivity index (χ0v) is 11.6. The van der Waals surface area contributed by atoms with Crippen molar-refractivity contribution in [3.8, 4) is 0 Å². The summed E-state index contributed by atoms with van der Waals surface area (Å²) in [5.74, 6) is -0.831. The van der Waals surface area contributed by atoms with E-state index in [-0.39, 0.29) is 0 Å². The lowest BCUT2D eigenvalue weighted by Crippen LogP contribution is -2.38. The summed E-state index contributed by atoms with van der Waals surface area (Å²) in [4.78, 5) is 13.7. The Kier molecular flexibility index (Phi) is 5.98. The predicted octanol–water partition coefficient (Wildman–Crippen LogP) is 1.12. The largest absolute Gasteiger partial charge is 0.480 e. The number of morpholine rings is 1. The molecule has 1 unspecified atom stereocenters. The number of carboxylic acids is 1. The molecule has 1 aliphatic heterocycles. The van der Waals surface area contributed by atoms with E-state index in [2.05, 4.69) is 10.2 Å². The molecule has 0 radical (unpaired) electrons. The van der Waals surface area contributed by atoms with Crippen LogP contribution in [0.1, 0.15) is 18.0 Å². The van der Waals surface area contributed by atoms with Crippen LogP contribution in [-0.2, 0) is 9.53 Å². The number of carboxylic acid groups (broad SMARTS) is 1. The monoisotopic (exact) mass is 278 g/mol. The zero-order valence-electron chi connectivity index (χ0n) is 11.6. The molecule has 1 heterocycles. The first-order valence-electron chi connectivity index (χ1n) is 7.08. The second-order valence-corrected chi connectivity index (χ2v) is 4.94. The van der Waals surface area contributed by atoms with Crippen LogP contribution >= 0.6 is 0 Å². The molecule has 1 fully saturated rings. The molecule has 0 bridgehead atoms. The molecule has 1 aromatic carbocycles. The minimum atomic E-state index is -0.831. The van der Waals surface area contributed by atoms with Crippen LogP contribution in [0, 0.1) is 0 Å².